The van der Waals surface area contributed by atoms with Crippen LogP contribution in [0.15, 0.2) is 4.34 Å². The van der Waals surface area contributed by atoms with Crippen molar-refractivity contribution in [2.45, 2.75) is 17.7 Å². The Bertz CT molecular complexity index is 427. The Balaban J connectivity index is 1.73. The number of hydrogen-bond acceptors (Lipinski definition) is 7. The molecule has 0 aromatic carbocycles. The van der Waals surface area contributed by atoms with Gasteiger partial charge in [-0.25, -0.2) is 0 Å². The summed E-state index contributed by atoms with van der Waals surface area (Å²) < 4.78 is 0.700. The van der Waals surface area contributed by atoms with Gasteiger partial charge >= 0.3 is 5.97 Å². The van der Waals surface area contributed by atoms with Crippen LogP contribution in [0.1, 0.15) is 13.3 Å². The molecule has 8 heteroatoms. The summed E-state index contributed by atoms with van der Waals surface area (Å²) in [5, 5.41) is 20.7. The summed E-state index contributed by atoms with van der Waals surface area (Å²) in [6.45, 7) is 6.54. The number of hydrogen-bond donors (Lipinski definition) is 2. The van der Waals surface area contributed by atoms with Gasteiger partial charge in [0.25, 0.3) is 0 Å². The summed E-state index contributed by atoms with van der Waals surface area (Å²) in [4.78, 5) is 12.9. The van der Waals surface area contributed by atoms with E-state index in [1.165, 1.54) is 36.1 Å². The van der Waals surface area contributed by atoms with Crippen molar-refractivity contribution in [3.05, 3.63) is 0 Å². The number of carboxylic acid groups (broad SMARTS) is 1. The number of likely N-dealkylation sites (tertiary alicyclic amines) is 1. The zero-order chi connectivity index (χ0) is 13.7. The number of aromatic nitrogens is 2. The highest BCUT2D eigenvalue weighted by Gasteiger charge is 2.21. The van der Waals surface area contributed by atoms with Crippen LogP contribution in [0.2, 0.25) is 0 Å². The van der Waals surface area contributed by atoms with Crippen molar-refractivity contribution in [1.82, 2.24) is 15.1 Å². The summed E-state index contributed by atoms with van der Waals surface area (Å²) in [7, 11) is 0. The molecule has 2 rings (SSSR count). The molecule has 1 aliphatic rings. The molecule has 1 aromatic rings. The lowest BCUT2D eigenvalue weighted by molar-refractivity contribution is -0.133. The Morgan fingerprint density at radius 2 is 2.47 bits per heavy atom. The highest BCUT2D eigenvalue weighted by Crippen LogP contribution is 2.26. The van der Waals surface area contributed by atoms with E-state index in [0.717, 1.165) is 24.8 Å². The first-order valence-corrected chi connectivity index (χ1v) is 8.12. The molecule has 0 amide bonds. The van der Waals surface area contributed by atoms with Gasteiger partial charge in [0, 0.05) is 13.1 Å². The Hall–Kier alpha value is -0.860. The maximum Gasteiger partial charge on any atom is 0.313 e. The maximum atomic E-state index is 10.5. The van der Waals surface area contributed by atoms with Crippen molar-refractivity contribution in [3.63, 3.8) is 0 Å². The third kappa shape index (κ3) is 4.63. The molecule has 1 aromatic heterocycles. The summed E-state index contributed by atoms with van der Waals surface area (Å²) in [5.41, 5.74) is 0. The summed E-state index contributed by atoms with van der Waals surface area (Å²) in [6.07, 6.45) is 1.22. The molecule has 1 atom stereocenters. The van der Waals surface area contributed by atoms with E-state index in [1.54, 1.807) is 0 Å². The molecule has 0 aliphatic carbocycles. The molecule has 1 aliphatic heterocycles. The lowest BCUT2D eigenvalue weighted by atomic mass is 10.1. The van der Waals surface area contributed by atoms with Gasteiger partial charge in [-0.1, -0.05) is 30.0 Å². The first-order chi connectivity index (χ1) is 9.17. The van der Waals surface area contributed by atoms with Gasteiger partial charge in [0.05, 0.1) is 5.75 Å². The van der Waals surface area contributed by atoms with E-state index < -0.39 is 5.97 Å². The number of rotatable bonds is 7. The van der Waals surface area contributed by atoms with Crippen LogP contribution in [-0.4, -0.2) is 58.1 Å². The fraction of sp³-hybridized carbons (Fsp3) is 0.727. The second kappa shape index (κ2) is 7.06. The van der Waals surface area contributed by atoms with E-state index in [-0.39, 0.29) is 5.75 Å². The predicted octanol–water partition coefficient (Wildman–Crippen LogP) is 1.47. The molecule has 2 N–H and O–H groups in total. The molecule has 0 bridgehead atoms. The smallest absolute Gasteiger partial charge is 0.313 e. The lowest BCUT2D eigenvalue weighted by Gasteiger charge is -2.12. The Morgan fingerprint density at radius 3 is 3.16 bits per heavy atom. The third-order valence-corrected chi connectivity index (χ3v) is 5.08. The molecular formula is C11H18N4O2S2. The Morgan fingerprint density at radius 1 is 1.63 bits per heavy atom. The van der Waals surface area contributed by atoms with Crippen molar-refractivity contribution >= 4 is 34.2 Å². The highest BCUT2D eigenvalue weighted by atomic mass is 32.2. The quantitative estimate of drug-likeness (QED) is 0.738. The lowest BCUT2D eigenvalue weighted by Crippen LogP contribution is -2.22. The SMILES string of the molecule is CCN1CCC(CNc2nnc(SCC(=O)O)s2)C1. The molecule has 0 saturated carbocycles. The van der Waals surface area contributed by atoms with Crippen LogP contribution in [-0.2, 0) is 4.79 Å². The second-order valence-corrected chi connectivity index (χ2v) is 6.68. The summed E-state index contributed by atoms with van der Waals surface area (Å²) in [6, 6.07) is 0. The summed E-state index contributed by atoms with van der Waals surface area (Å²) in [5.74, 6) is -0.137. The molecule has 106 valence electrons. The standard InChI is InChI=1S/C11H18N4O2S2/c1-2-15-4-3-8(6-15)5-12-10-13-14-11(19-10)18-7-9(16)17/h8H,2-7H2,1H3,(H,12,13)(H,16,17). The first kappa shape index (κ1) is 14.5. The largest absolute Gasteiger partial charge is 0.481 e. The zero-order valence-electron chi connectivity index (χ0n) is 10.8. The van der Waals surface area contributed by atoms with Crippen LogP contribution < -0.4 is 5.32 Å². The Kier molecular flexibility index (Phi) is 5.41. The molecule has 1 unspecified atom stereocenters. The molecule has 6 nitrogen and oxygen atoms in total. The van der Waals surface area contributed by atoms with E-state index in [9.17, 15) is 4.79 Å². The van der Waals surface area contributed by atoms with Crippen molar-refractivity contribution in [2.24, 2.45) is 5.92 Å². The monoisotopic (exact) mass is 302 g/mol. The van der Waals surface area contributed by atoms with E-state index in [0.29, 0.717) is 10.3 Å². The van der Waals surface area contributed by atoms with Crippen LogP contribution in [0, 0.1) is 5.92 Å². The molecular weight excluding hydrogens is 284 g/mol. The van der Waals surface area contributed by atoms with E-state index in [1.807, 2.05) is 0 Å². The van der Waals surface area contributed by atoms with Crippen LogP contribution in [0.25, 0.3) is 0 Å². The molecule has 0 radical (unpaired) electrons. The third-order valence-electron chi connectivity index (χ3n) is 3.08. The number of nitrogens with zero attached hydrogens (tertiary/aromatic N) is 3. The average molecular weight is 302 g/mol. The fourth-order valence-corrected chi connectivity index (χ4v) is 3.54. The Labute approximate surface area is 120 Å². The van der Waals surface area contributed by atoms with Crippen LogP contribution in [0.5, 0.6) is 0 Å². The van der Waals surface area contributed by atoms with Gasteiger partial charge in [-0.3, -0.25) is 4.79 Å². The van der Waals surface area contributed by atoms with Crippen molar-refractivity contribution in [1.29, 1.82) is 0 Å². The topological polar surface area (TPSA) is 78.3 Å². The number of thioether (sulfide) groups is 1. The van der Waals surface area contributed by atoms with Crippen LogP contribution >= 0.6 is 23.1 Å². The van der Waals surface area contributed by atoms with Gasteiger partial charge in [0.2, 0.25) is 5.13 Å². The fourth-order valence-electron chi connectivity index (χ4n) is 2.06. The van der Waals surface area contributed by atoms with Gasteiger partial charge in [-0.15, -0.1) is 10.2 Å². The van der Waals surface area contributed by atoms with E-state index in [4.69, 9.17) is 5.11 Å². The van der Waals surface area contributed by atoms with Crippen LogP contribution in [0.4, 0.5) is 5.13 Å². The van der Waals surface area contributed by atoms with Crippen molar-refractivity contribution in [3.8, 4) is 0 Å². The second-order valence-electron chi connectivity index (χ2n) is 4.48. The minimum atomic E-state index is -0.833. The summed E-state index contributed by atoms with van der Waals surface area (Å²) >= 11 is 2.63. The molecule has 0 spiro atoms. The highest BCUT2D eigenvalue weighted by molar-refractivity contribution is 8.01. The van der Waals surface area contributed by atoms with Gasteiger partial charge in [-0.05, 0) is 25.4 Å². The molecule has 1 saturated heterocycles. The first-order valence-electron chi connectivity index (χ1n) is 6.31. The van der Waals surface area contributed by atoms with Crippen molar-refractivity contribution in [2.75, 3.05) is 37.2 Å². The van der Waals surface area contributed by atoms with Gasteiger partial charge in [0.1, 0.15) is 0 Å². The maximum absolute atomic E-state index is 10.5. The predicted molar refractivity (Wildman–Crippen MR) is 77.0 cm³/mol. The molecule has 2 heterocycles. The van der Waals surface area contributed by atoms with Crippen molar-refractivity contribution < 1.29 is 9.90 Å². The molecule has 1 fully saturated rings. The number of nitrogens with one attached hydrogen (secondary N) is 1. The van der Waals surface area contributed by atoms with E-state index >= 15 is 0 Å². The number of carbonyl (C=O) groups is 1. The van der Waals surface area contributed by atoms with Gasteiger partial charge < -0.3 is 15.3 Å². The number of anilines is 1. The molecule has 19 heavy (non-hydrogen) atoms. The minimum Gasteiger partial charge on any atom is -0.481 e. The van der Waals surface area contributed by atoms with Gasteiger partial charge in [-0.2, -0.15) is 0 Å². The number of aliphatic carboxylic acids is 1. The number of carboxylic acids is 1. The normalized spacial score (nSPS) is 19.7. The minimum absolute atomic E-state index is 0.0305. The van der Waals surface area contributed by atoms with E-state index in [2.05, 4.69) is 27.3 Å². The average Bonchev–Trinajstić information content (AvgIpc) is 3.03. The van der Waals surface area contributed by atoms with Crippen LogP contribution in [0.3, 0.4) is 0 Å². The zero-order valence-corrected chi connectivity index (χ0v) is 12.5. The van der Waals surface area contributed by atoms with Gasteiger partial charge in [0.15, 0.2) is 4.34 Å².